The Kier molecular flexibility index (Phi) is 8.47. The van der Waals surface area contributed by atoms with Crippen molar-refractivity contribution in [3.63, 3.8) is 0 Å². The standard InChI is InChI=1S/C25H25Cl2FN2O4/c1-13(2)22-12-34-24(30-22)23(31)9-14(8-21(29)25(32)33)7-16-4-3-15(10-19(16)27)18-11-17(26)5-6-20(18)28/h3-6,10-14,21H,7-9,29H2,1-2H3,(H,32,33)/t14-,21-/m1/s1. The van der Waals surface area contributed by atoms with Crippen LogP contribution < -0.4 is 5.73 Å². The second-order valence-electron chi connectivity index (χ2n) is 8.54. The number of carbonyl (C=O) groups is 2. The Bertz CT molecular complexity index is 1200. The van der Waals surface area contributed by atoms with Gasteiger partial charge in [-0.3, -0.25) is 9.59 Å². The molecule has 6 nitrogen and oxygen atoms in total. The van der Waals surface area contributed by atoms with Crippen LogP contribution in [0, 0.1) is 11.7 Å². The molecule has 9 heteroatoms. The summed E-state index contributed by atoms with van der Waals surface area (Å²) in [5.74, 6) is -2.29. The summed E-state index contributed by atoms with van der Waals surface area (Å²) in [6.07, 6.45) is 1.78. The second-order valence-corrected chi connectivity index (χ2v) is 9.38. The lowest BCUT2D eigenvalue weighted by atomic mass is 9.88. The number of benzene rings is 2. The molecule has 0 radical (unpaired) electrons. The predicted molar refractivity (Wildman–Crippen MR) is 129 cm³/mol. The molecule has 1 aromatic heterocycles. The van der Waals surface area contributed by atoms with E-state index in [-0.39, 0.29) is 30.4 Å². The van der Waals surface area contributed by atoms with Gasteiger partial charge in [0.05, 0.1) is 5.69 Å². The van der Waals surface area contributed by atoms with E-state index in [1.54, 1.807) is 18.2 Å². The van der Waals surface area contributed by atoms with Gasteiger partial charge in [-0.2, -0.15) is 0 Å². The van der Waals surface area contributed by atoms with Gasteiger partial charge in [-0.05, 0) is 60.1 Å². The Morgan fingerprint density at radius 1 is 1.18 bits per heavy atom. The van der Waals surface area contributed by atoms with Crippen LogP contribution in [0.5, 0.6) is 0 Å². The number of carboxylic acid groups (broad SMARTS) is 1. The van der Waals surface area contributed by atoms with Gasteiger partial charge in [-0.15, -0.1) is 0 Å². The number of carbonyl (C=O) groups excluding carboxylic acids is 1. The molecule has 0 unspecified atom stereocenters. The number of hydrogen-bond donors (Lipinski definition) is 2. The number of halogens is 3. The number of ketones is 1. The zero-order valence-electron chi connectivity index (χ0n) is 18.7. The monoisotopic (exact) mass is 506 g/mol. The van der Waals surface area contributed by atoms with Crippen LogP contribution in [0.4, 0.5) is 4.39 Å². The van der Waals surface area contributed by atoms with E-state index in [2.05, 4.69) is 4.98 Å². The van der Waals surface area contributed by atoms with E-state index in [0.717, 1.165) is 0 Å². The Hall–Kier alpha value is -2.74. The van der Waals surface area contributed by atoms with Gasteiger partial charge >= 0.3 is 5.97 Å². The molecule has 0 fully saturated rings. The number of nitrogens with zero attached hydrogens (tertiary/aromatic N) is 1. The van der Waals surface area contributed by atoms with Crippen LogP contribution in [0.2, 0.25) is 10.0 Å². The summed E-state index contributed by atoms with van der Waals surface area (Å²) >= 11 is 12.5. The number of Topliss-reactive ketones (excluding diaryl/α,β-unsaturated/α-hetero) is 1. The number of rotatable bonds is 10. The Balaban J connectivity index is 1.83. The van der Waals surface area contributed by atoms with Crippen LogP contribution in [0.1, 0.15) is 54.5 Å². The zero-order chi connectivity index (χ0) is 25.0. The highest BCUT2D eigenvalue weighted by Gasteiger charge is 2.25. The molecule has 2 atom stereocenters. The maximum atomic E-state index is 14.2. The molecule has 3 N–H and O–H groups in total. The molecular weight excluding hydrogens is 482 g/mol. The normalized spacial score (nSPS) is 13.1. The number of oxazole rings is 1. The first-order valence-electron chi connectivity index (χ1n) is 10.8. The summed E-state index contributed by atoms with van der Waals surface area (Å²) in [7, 11) is 0. The van der Waals surface area contributed by atoms with Crippen molar-refractivity contribution >= 4 is 35.0 Å². The number of carboxylic acids is 1. The van der Waals surface area contributed by atoms with Crippen molar-refractivity contribution < 1.29 is 23.5 Å². The minimum absolute atomic E-state index is 0.0139. The van der Waals surface area contributed by atoms with Crippen molar-refractivity contribution in [2.45, 2.75) is 45.1 Å². The van der Waals surface area contributed by atoms with Crippen LogP contribution >= 0.6 is 23.2 Å². The van der Waals surface area contributed by atoms with Gasteiger partial charge < -0.3 is 15.3 Å². The van der Waals surface area contributed by atoms with Crippen LogP contribution in [-0.4, -0.2) is 27.9 Å². The number of hydrogen-bond acceptors (Lipinski definition) is 5. The largest absolute Gasteiger partial charge is 0.480 e. The molecule has 0 aliphatic heterocycles. The van der Waals surface area contributed by atoms with E-state index in [9.17, 15) is 19.1 Å². The van der Waals surface area contributed by atoms with E-state index >= 15 is 0 Å². The lowest BCUT2D eigenvalue weighted by Crippen LogP contribution is -2.33. The van der Waals surface area contributed by atoms with E-state index in [1.165, 1.54) is 24.5 Å². The molecule has 1 heterocycles. The molecule has 180 valence electrons. The van der Waals surface area contributed by atoms with Gasteiger partial charge in [-0.25, -0.2) is 9.37 Å². The summed E-state index contributed by atoms with van der Waals surface area (Å²) < 4.78 is 19.6. The fraction of sp³-hybridized carbons (Fsp3) is 0.320. The molecule has 0 amide bonds. The van der Waals surface area contributed by atoms with Crippen molar-refractivity contribution in [1.29, 1.82) is 0 Å². The fourth-order valence-electron chi connectivity index (χ4n) is 3.64. The molecule has 34 heavy (non-hydrogen) atoms. The molecule has 0 aliphatic rings. The quantitative estimate of drug-likeness (QED) is 0.319. The topological polar surface area (TPSA) is 106 Å². The Morgan fingerprint density at radius 2 is 1.91 bits per heavy atom. The molecule has 0 saturated carbocycles. The van der Waals surface area contributed by atoms with Crippen molar-refractivity contribution in [3.05, 3.63) is 75.7 Å². The lowest BCUT2D eigenvalue weighted by Gasteiger charge is -2.19. The first-order chi connectivity index (χ1) is 16.0. The van der Waals surface area contributed by atoms with Crippen molar-refractivity contribution in [2.24, 2.45) is 11.7 Å². The van der Waals surface area contributed by atoms with E-state index < -0.39 is 23.7 Å². The van der Waals surface area contributed by atoms with Crippen LogP contribution in [-0.2, 0) is 11.2 Å². The maximum Gasteiger partial charge on any atom is 0.320 e. The predicted octanol–water partition coefficient (Wildman–Crippen LogP) is 6.14. The maximum absolute atomic E-state index is 14.2. The average Bonchev–Trinajstić information content (AvgIpc) is 3.27. The van der Waals surface area contributed by atoms with Gasteiger partial charge in [0.25, 0.3) is 5.89 Å². The third-order valence-corrected chi connectivity index (χ3v) is 6.12. The highest BCUT2D eigenvalue weighted by Crippen LogP contribution is 2.32. The summed E-state index contributed by atoms with van der Waals surface area (Å²) in [5, 5.41) is 10.0. The van der Waals surface area contributed by atoms with Crippen LogP contribution in [0.15, 0.2) is 47.1 Å². The molecule has 0 aliphatic carbocycles. The lowest BCUT2D eigenvalue weighted by molar-refractivity contribution is -0.138. The highest BCUT2D eigenvalue weighted by molar-refractivity contribution is 6.32. The van der Waals surface area contributed by atoms with Gasteiger partial charge in [0.1, 0.15) is 18.1 Å². The molecule has 0 saturated heterocycles. The van der Waals surface area contributed by atoms with Crippen LogP contribution in [0.25, 0.3) is 11.1 Å². The van der Waals surface area contributed by atoms with Gasteiger partial charge in [-0.1, -0.05) is 49.2 Å². The molecule has 0 spiro atoms. The average molecular weight is 507 g/mol. The number of nitrogens with two attached hydrogens (primary N) is 1. The van der Waals surface area contributed by atoms with Gasteiger partial charge in [0.2, 0.25) is 5.78 Å². The number of aliphatic carboxylic acids is 1. The summed E-state index contributed by atoms with van der Waals surface area (Å²) in [6, 6.07) is 8.15. The Labute approximate surface area is 206 Å². The highest BCUT2D eigenvalue weighted by atomic mass is 35.5. The molecule has 3 rings (SSSR count). The van der Waals surface area contributed by atoms with Gasteiger partial charge in [0, 0.05) is 22.0 Å². The molecule has 2 aromatic carbocycles. The summed E-state index contributed by atoms with van der Waals surface area (Å²) in [4.78, 5) is 28.4. The van der Waals surface area contributed by atoms with Crippen molar-refractivity contribution in [1.82, 2.24) is 4.98 Å². The zero-order valence-corrected chi connectivity index (χ0v) is 20.2. The van der Waals surface area contributed by atoms with Crippen LogP contribution in [0.3, 0.4) is 0 Å². The third kappa shape index (κ3) is 6.44. The summed E-state index contributed by atoms with van der Waals surface area (Å²) in [5.41, 5.74) is 7.96. The summed E-state index contributed by atoms with van der Waals surface area (Å²) in [6.45, 7) is 3.86. The minimum atomic E-state index is -1.16. The molecule has 3 aromatic rings. The minimum Gasteiger partial charge on any atom is -0.480 e. The molecule has 0 bridgehead atoms. The number of aromatic nitrogens is 1. The third-order valence-electron chi connectivity index (χ3n) is 5.53. The first kappa shape index (κ1) is 25.9. The van der Waals surface area contributed by atoms with Crippen molar-refractivity contribution in [2.75, 3.05) is 0 Å². The first-order valence-corrected chi connectivity index (χ1v) is 11.5. The van der Waals surface area contributed by atoms with E-state index in [1.807, 2.05) is 13.8 Å². The SMILES string of the molecule is CC(C)c1coc(C(=O)C[C@H](Cc2ccc(-c3cc(Cl)ccc3F)cc2Cl)C[C@@H](N)C(=O)O)n1. The van der Waals surface area contributed by atoms with Gasteiger partial charge in [0.15, 0.2) is 0 Å². The second kappa shape index (κ2) is 11.1. The fourth-order valence-corrected chi connectivity index (χ4v) is 4.07. The van der Waals surface area contributed by atoms with Crippen molar-refractivity contribution in [3.8, 4) is 11.1 Å². The Morgan fingerprint density at radius 3 is 2.53 bits per heavy atom. The van der Waals surface area contributed by atoms with E-state index in [0.29, 0.717) is 38.9 Å². The van der Waals surface area contributed by atoms with E-state index in [4.69, 9.17) is 33.4 Å². The smallest absolute Gasteiger partial charge is 0.320 e. The molecular formula is C25H25Cl2FN2O4.